The normalized spacial score (nSPS) is 44.4. The molecule has 322 valence electrons. The van der Waals surface area contributed by atoms with Gasteiger partial charge in [0.2, 0.25) is 5.78 Å². The largest absolute Gasteiger partial charge is 1.00 e. The van der Waals surface area contributed by atoms with E-state index < -0.39 is 89.2 Å². The molecule has 6 saturated carbocycles. The van der Waals surface area contributed by atoms with Gasteiger partial charge in [-0.3, -0.25) is 24.0 Å². The maximum atomic E-state index is 13.1. The molecule has 8 aliphatic rings. The molecule has 0 heterocycles. The Kier molecular flexibility index (Phi) is 12.9. The fourth-order valence-electron chi connectivity index (χ4n) is 14.2. The molecular formula is C46H59NaO13. The molecule has 13 nitrogen and oxygen atoms in total. The number of Topliss-reactive ketones (excluding diaryl/α,β-unsaturated/α-hetero) is 2. The van der Waals surface area contributed by atoms with E-state index in [1.54, 1.807) is 24.3 Å². The van der Waals surface area contributed by atoms with Gasteiger partial charge in [-0.25, -0.2) is 0 Å². The summed E-state index contributed by atoms with van der Waals surface area (Å²) in [5, 5.41) is 65.1. The van der Waals surface area contributed by atoms with E-state index in [2.05, 4.69) is 13.8 Å². The van der Waals surface area contributed by atoms with Gasteiger partial charge in [-0.1, -0.05) is 51.0 Å². The molecule has 14 heteroatoms. The number of allylic oxidation sites excluding steroid dienone is 8. The van der Waals surface area contributed by atoms with Gasteiger partial charge in [0.1, 0.15) is 17.8 Å². The van der Waals surface area contributed by atoms with Gasteiger partial charge in [-0.2, -0.15) is 0 Å². The van der Waals surface area contributed by atoms with Crippen LogP contribution in [0, 0.1) is 57.2 Å². The molecular weight excluding hydrogens is 783 g/mol. The molecule has 0 spiro atoms. The smallest absolute Gasteiger partial charge is 0.550 e. The molecule has 5 N–H and O–H groups in total. The number of carboxylic acid groups (broad SMARTS) is 1. The molecule has 0 amide bonds. The molecule has 14 atom stereocenters. The number of aliphatic hydroxyl groups excluding tert-OH is 3. The van der Waals surface area contributed by atoms with Crippen LogP contribution < -0.4 is 34.7 Å². The number of aliphatic hydroxyl groups is 5. The third-order valence-electron chi connectivity index (χ3n) is 17.3. The van der Waals surface area contributed by atoms with Gasteiger partial charge >= 0.3 is 35.5 Å². The molecule has 60 heavy (non-hydrogen) atoms. The number of aliphatic carboxylic acids is 1. The van der Waals surface area contributed by atoms with Crippen molar-refractivity contribution in [1.82, 2.24) is 0 Å². The molecule has 8 rings (SSSR count). The average Bonchev–Trinajstić information content (AvgIpc) is 3.61. The van der Waals surface area contributed by atoms with E-state index in [4.69, 9.17) is 4.74 Å². The van der Waals surface area contributed by atoms with Crippen molar-refractivity contribution in [2.75, 3.05) is 13.2 Å². The van der Waals surface area contributed by atoms with Crippen LogP contribution in [0.2, 0.25) is 0 Å². The van der Waals surface area contributed by atoms with Crippen molar-refractivity contribution < 1.29 is 93.7 Å². The zero-order chi connectivity index (χ0) is 43.1. The minimum absolute atomic E-state index is 0. The van der Waals surface area contributed by atoms with Gasteiger partial charge in [-0.05, 0) is 119 Å². The van der Waals surface area contributed by atoms with Crippen molar-refractivity contribution in [1.29, 1.82) is 0 Å². The predicted molar refractivity (Wildman–Crippen MR) is 208 cm³/mol. The van der Waals surface area contributed by atoms with E-state index in [9.17, 15) is 59.4 Å². The van der Waals surface area contributed by atoms with E-state index in [0.29, 0.717) is 19.3 Å². The molecule has 0 unspecified atom stereocenters. The number of rotatable bonds is 8. The molecule has 0 radical (unpaired) electrons. The number of fused-ring (bicyclic) bond motifs is 10. The minimum atomic E-state index is -1.74. The van der Waals surface area contributed by atoms with Crippen LogP contribution in [0.5, 0.6) is 0 Å². The molecule has 0 aromatic heterocycles. The summed E-state index contributed by atoms with van der Waals surface area (Å²) in [7, 11) is 0. The zero-order valence-electron chi connectivity index (χ0n) is 35.5. The van der Waals surface area contributed by atoms with Crippen molar-refractivity contribution in [3.05, 3.63) is 47.6 Å². The summed E-state index contributed by atoms with van der Waals surface area (Å²) in [6.07, 6.45) is 13.7. The van der Waals surface area contributed by atoms with Gasteiger partial charge in [-0.15, -0.1) is 0 Å². The molecule has 8 aliphatic carbocycles. The number of esters is 1. The van der Waals surface area contributed by atoms with Gasteiger partial charge in [0.15, 0.2) is 24.0 Å². The Hall–Kier alpha value is -2.62. The SMILES string of the molecule is C[C@]12C=CC(=O)C=C1CC[C@@H]1[C@@H]2[C@@H](O)C[C@@]2(C)[C@H]1CC[C@]2(O)C(=O)CO.C[C@]12C=CC(=O)C=C1CC[C@@H]1[C@@H]2[C@@H](O)C[C@@]2(C)[C@H]1CC[C@]2(O)C(=O)COC(=O)CCC(=O)[O-].[Na+]. The van der Waals surface area contributed by atoms with Crippen LogP contribution in [0.4, 0.5) is 0 Å². The molecule has 0 aromatic rings. The first-order chi connectivity index (χ1) is 27.6. The third kappa shape index (κ3) is 7.15. The predicted octanol–water partition coefficient (Wildman–Crippen LogP) is -0.800. The van der Waals surface area contributed by atoms with Crippen LogP contribution in [-0.4, -0.2) is 97.2 Å². The second-order valence-corrected chi connectivity index (χ2v) is 19.8. The molecule has 0 aliphatic heterocycles. The first kappa shape index (κ1) is 46.9. The Morgan fingerprint density at radius 1 is 0.717 bits per heavy atom. The number of ether oxygens (including phenoxy) is 1. The van der Waals surface area contributed by atoms with Gasteiger partial charge < -0.3 is 40.2 Å². The number of hydrogen-bond donors (Lipinski definition) is 5. The summed E-state index contributed by atoms with van der Waals surface area (Å²) < 4.78 is 4.94. The fraction of sp³-hybridized carbons (Fsp3) is 0.696. The second kappa shape index (κ2) is 16.5. The van der Waals surface area contributed by atoms with Crippen LogP contribution in [0.3, 0.4) is 0 Å². The van der Waals surface area contributed by atoms with E-state index in [1.165, 1.54) is 0 Å². The first-order valence-corrected chi connectivity index (χ1v) is 21.3. The maximum Gasteiger partial charge on any atom is 1.00 e. The Balaban J connectivity index is 0.000000203. The van der Waals surface area contributed by atoms with Gasteiger partial charge in [0.05, 0.1) is 18.6 Å². The number of carbonyl (C=O) groups is 6. The fourth-order valence-corrected chi connectivity index (χ4v) is 14.2. The van der Waals surface area contributed by atoms with E-state index >= 15 is 0 Å². The van der Waals surface area contributed by atoms with Crippen LogP contribution in [0.1, 0.15) is 105 Å². The monoisotopic (exact) mass is 842 g/mol. The number of carboxylic acids is 1. The van der Waals surface area contributed by atoms with Gasteiger partial charge in [0.25, 0.3) is 0 Å². The summed E-state index contributed by atoms with van der Waals surface area (Å²) in [5.74, 6) is -3.14. The second-order valence-electron chi connectivity index (χ2n) is 19.8. The quantitative estimate of drug-likeness (QED) is 0.149. The Morgan fingerprint density at radius 3 is 1.57 bits per heavy atom. The van der Waals surface area contributed by atoms with Crippen molar-refractivity contribution in [3.63, 3.8) is 0 Å². The third-order valence-corrected chi connectivity index (χ3v) is 17.3. The summed E-state index contributed by atoms with van der Waals surface area (Å²) >= 11 is 0. The van der Waals surface area contributed by atoms with Crippen molar-refractivity contribution >= 4 is 35.1 Å². The number of hydrogen-bond acceptors (Lipinski definition) is 13. The average molecular weight is 843 g/mol. The molecule has 6 fully saturated rings. The Morgan fingerprint density at radius 2 is 1.15 bits per heavy atom. The molecule has 0 bridgehead atoms. The topological polar surface area (TPSA) is 236 Å². The number of ketones is 4. The Bertz CT molecular complexity index is 1950. The van der Waals surface area contributed by atoms with Crippen molar-refractivity contribution in [3.8, 4) is 0 Å². The van der Waals surface area contributed by atoms with Crippen LogP contribution in [0.15, 0.2) is 47.6 Å². The summed E-state index contributed by atoms with van der Waals surface area (Å²) in [5.41, 5.74) is -3.56. The van der Waals surface area contributed by atoms with Crippen molar-refractivity contribution in [2.45, 2.75) is 128 Å². The first-order valence-electron chi connectivity index (χ1n) is 21.3. The molecule has 0 aromatic carbocycles. The van der Waals surface area contributed by atoms with Gasteiger partial charge in [0, 0.05) is 39.5 Å². The van der Waals surface area contributed by atoms with E-state index in [-0.39, 0.29) is 94.9 Å². The van der Waals surface area contributed by atoms with Crippen LogP contribution >= 0.6 is 0 Å². The number of carbonyl (C=O) groups excluding carboxylic acids is 6. The van der Waals surface area contributed by atoms with E-state index in [1.807, 2.05) is 26.0 Å². The maximum absolute atomic E-state index is 13.1. The summed E-state index contributed by atoms with van der Waals surface area (Å²) in [6.45, 7) is 6.61. The summed E-state index contributed by atoms with van der Waals surface area (Å²) in [6, 6.07) is 0. The minimum Gasteiger partial charge on any atom is -0.550 e. The Labute approximate surface area is 373 Å². The summed E-state index contributed by atoms with van der Waals surface area (Å²) in [4.78, 5) is 71.4. The van der Waals surface area contributed by atoms with Crippen LogP contribution in [0.25, 0.3) is 0 Å². The van der Waals surface area contributed by atoms with E-state index in [0.717, 1.165) is 43.3 Å². The zero-order valence-corrected chi connectivity index (χ0v) is 37.5. The van der Waals surface area contributed by atoms with Crippen molar-refractivity contribution in [2.24, 2.45) is 57.2 Å². The standard InChI is InChI=1S/C25H32O8.C21H28O5.Na/c1-23-9-7-15(26)11-14(23)3-4-16-17-8-10-25(32,24(17,2)12-18(27)22(16)23)19(28)13-33-21(31)6-5-20(29)30;1-19-7-5-13(23)9-12(19)3-4-14-15-6-8-21(26,17(25)11-22)20(15,2)10-16(24)18(14)19;/h7,9,11,16-18,22,27,32H,3-6,8,10,12-13H2,1-2H3,(H,29,30);5,7,9,14-16,18,22,24,26H,3-4,6,8,10-11H2,1-2H3;/q;;+1/p-1/t16-,17-,18-,22+,23-,24-,25-;14-,15-,16-,18+,19-,20-,21-;/m00./s1. The molecule has 0 saturated heterocycles. The van der Waals surface area contributed by atoms with Crippen LogP contribution in [-0.2, 0) is 33.5 Å².